The van der Waals surface area contributed by atoms with Gasteiger partial charge in [-0.15, -0.1) is 0 Å². The number of aliphatic hydroxyl groups is 1. The Morgan fingerprint density at radius 3 is 2.79 bits per heavy atom. The molecule has 1 fully saturated rings. The maximum Gasteiger partial charge on any atom is 0.326 e. The minimum Gasteiger partial charge on any atom is -0.480 e. The van der Waals surface area contributed by atoms with Crippen LogP contribution in [0.3, 0.4) is 0 Å². The predicted octanol–water partition coefficient (Wildman–Crippen LogP) is 1.50. The van der Waals surface area contributed by atoms with Crippen LogP contribution in [0.1, 0.15) is 6.42 Å². The third-order valence-electron chi connectivity index (χ3n) is 2.90. The smallest absolute Gasteiger partial charge is 0.326 e. The number of likely N-dealkylation sites (tertiary alicyclic amines) is 1. The molecule has 0 radical (unpaired) electrons. The van der Waals surface area contributed by atoms with Gasteiger partial charge < -0.3 is 20.4 Å². The van der Waals surface area contributed by atoms with Gasteiger partial charge in [0.25, 0.3) is 0 Å². The number of hydrogen-bond acceptors (Lipinski definition) is 3. The van der Waals surface area contributed by atoms with Crippen LogP contribution in [0.25, 0.3) is 0 Å². The number of urea groups is 1. The first-order chi connectivity index (χ1) is 8.97. The number of amides is 2. The molecule has 3 N–H and O–H groups in total. The van der Waals surface area contributed by atoms with Crippen LogP contribution < -0.4 is 5.32 Å². The molecule has 0 aliphatic carbocycles. The van der Waals surface area contributed by atoms with Crippen LogP contribution in [0.5, 0.6) is 0 Å². The second-order valence-corrected chi connectivity index (χ2v) is 5.25. The van der Waals surface area contributed by atoms with Crippen molar-refractivity contribution in [3.8, 4) is 0 Å². The van der Waals surface area contributed by atoms with Crippen LogP contribution >= 0.6 is 15.9 Å². The second kappa shape index (κ2) is 5.58. The van der Waals surface area contributed by atoms with Gasteiger partial charge in [0.2, 0.25) is 0 Å². The number of carboxylic acid groups (broad SMARTS) is 1. The molecule has 1 aromatic rings. The van der Waals surface area contributed by atoms with Gasteiger partial charge in [-0.25, -0.2) is 9.59 Å². The van der Waals surface area contributed by atoms with Gasteiger partial charge >= 0.3 is 12.0 Å². The first kappa shape index (κ1) is 13.8. The average Bonchev–Trinajstić information content (AvgIpc) is 2.71. The lowest BCUT2D eigenvalue weighted by Gasteiger charge is -2.21. The zero-order chi connectivity index (χ0) is 14.0. The number of nitrogens with one attached hydrogen (secondary N) is 1. The van der Waals surface area contributed by atoms with Crippen molar-refractivity contribution in [3.05, 3.63) is 28.7 Å². The molecule has 6 nitrogen and oxygen atoms in total. The van der Waals surface area contributed by atoms with E-state index in [4.69, 9.17) is 5.11 Å². The molecule has 0 unspecified atom stereocenters. The van der Waals surface area contributed by atoms with Crippen molar-refractivity contribution < 1.29 is 19.8 Å². The number of hydrogen-bond donors (Lipinski definition) is 3. The molecule has 2 rings (SSSR count). The highest BCUT2D eigenvalue weighted by atomic mass is 79.9. The van der Waals surface area contributed by atoms with Gasteiger partial charge in [0.1, 0.15) is 6.04 Å². The fourth-order valence-electron chi connectivity index (χ4n) is 2.03. The fraction of sp³-hybridized carbons (Fsp3) is 0.333. The molecule has 2 amide bonds. The lowest BCUT2D eigenvalue weighted by Crippen LogP contribution is -2.43. The summed E-state index contributed by atoms with van der Waals surface area (Å²) in [7, 11) is 0. The highest BCUT2D eigenvalue weighted by molar-refractivity contribution is 9.10. The molecule has 1 aliphatic rings. The van der Waals surface area contributed by atoms with E-state index in [1.54, 1.807) is 18.2 Å². The largest absolute Gasteiger partial charge is 0.480 e. The monoisotopic (exact) mass is 328 g/mol. The van der Waals surface area contributed by atoms with E-state index in [9.17, 15) is 14.7 Å². The van der Waals surface area contributed by atoms with Crippen LogP contribution in [0.15, 0.2) is 28.7 Å². The topological polar surface area (TPSA) is 89.9 Å². The molecule has 1 heterocycles. The van der Waals surface area contributed by atoms with Crippen molar-refractivity contribution in [2.24, 2.45) is 0 Å². The minimum absolute atomic E-state index is 0.0246. The molecular formula is C12H13BrN2O4. The van der Waals surface area contributed by atoms with Gasteiger partial charge in [0.05, 0.1) is 6.10 Å². The van der Waals surface area contributed by atoms with Crippen molar-refractivity contribution in [2.75, 3.05) is 11.9 Å². The van der Waals surface area contributed by atoms with Gasteiger partial charge in [-0.2, -0.15) is 0 Å². The Balaban J connectivity index is 2.09. The number of anilines is 1. The van der Waals surface area contributed by atoms with Crippen molar-refractivity contribution >= 4 is 33.6 Å². The third kappa shape index (κ3) is 3.24. The van der Waals surface area contributed by atoms with Crippen LogP contribution in [0, 0.1) is 0 Å². The number of aliphatic carboxylic acids is 1. The summed E-state index contributed by atoms with van der Waals surface area (Å²) in [4.78, 5) is 24.2. The second-order valence-electron chi connectivity index (χ2n) is 4.34. The van der Waals surface area contributed by atoms with Crippen LogP contribution in [0.4, 0.5) is 10.5 Å². The highest BCUT2D eigenvalue weighted by Crippen LogP contribution is 2.21. The number of aliphatic hydroxyl groups excluding tert-OH is 1. The number of halogens is 1. The molecule has 1 aromatic carbocycles. The van der Waals surface area contributed by atoms with Gasteiger partial charge in [-0.05, 0) is 18.2 Å². The molecule has 0 saturated carbocycles. The first-order valence-corrected chi connectivity index (χ1v) is 6.50. The number of benzene rings is 1. The summed E-state index contributed by atoms with van der Waals surface area (Å²) >= 11 is 3.28. The van der Waals surface area contributed by atoms with E-state index in [0.29, 0.717) is 5.69 Å². The third-order valence-corrected chi connectivity index (χ3v) is 3.39. The molecule has 102 valence electrons. The van der Waals surface area contributed by atoms with Gasteiger partial charge in [0, 0.05) is 23.1 Å². The first-order valence-electron chi connectivity index (χ1n) is 5.71. The number of nitrogens with zero attached hydrogens (tertiary/aromatic N) is 1. The van der Waals surface area contributed by atoms with E-state index in [0.717, 1.165) is 9.37 Å². The normalized spacial score (nSPS) is 22.3. The Morgan fingerprint density at radius 2 is 2.16 bits per heavy atom. The molecule has 7 heteroatoms. The van der Waals surface area contributed by atoms with E-state index in [1.807, 2.05) is 6.07 Å². The summed E-state index contributed by atoms with van der Waals surface area (Å²) in [6, 6.07) is 5.47. The van der Waals surface area contributed by atoms with E-state index in [-0.39, 0.29) is 13.0 Å². The number of carbonyl (C=O) groups is 2. The zero-order valence-corrected chi connectivity index (χ0v) is 11.5. The SMILES string of the molecule is O=C(O)[C@@H]1C[C@@H](O)CN1C(=O)Nc1cccc(Br)c1. The molecule has 0 bridgehead atoms. The van der Waals surface area contributed by atoms with Crippen LogP contribution in [-0.2, 0) is 4.79 Å². The van der Waals surface area contributed by atoms with Gasteiger partial charge in [-0.1, -0.05) is 22.0 Å². The van der Waals surface area contributed by atoms with E-state index in [2.05, 4.69) is 21.2 Å². The van der Waals surface area contributed by atoms with Crippen molar-refractivity contribution in [1.82, 2.24) is 4.90 Å². The van der Waals surface area contributed by atoms with E-state index >= 15 is 0 Å². The lowest BCUT2D eigenvalue weighted by molar-refractivity contribution is -0.141. The zero-order valence-electron chi connectivity index (χ0n) is 9.91. The number of carboxylic acids is 1. The average molecular weight is 329 g/mol. The molecule has 0 spiro atoms. The number of carbonyl (C=O) groups excluding carboxylic acids is 1. The Kier molecular flexibility index (Phi) is 4.06. The van der Waals surface area contributed by atoms with Gasteiger partial charge in [-0.3, -0.25) is 0 Å². The summed E-state index contributed by atoms with van der Waals surface area (Å²) in [5.41, 5.74) is 0.560. The molecule has 1 saturated heterocycles. The molecule has 19 heavy (non-hydrogen) atoms. The standard InChI is InChI=1S/C12H13BrN2O4/c13-7-2-1-3-8(4-7)14-12(19)15-6-9(16)5-10(15)11(17)18/h1-4,9-10,16H,5-6H2,(H,14,19)(H,17,18)/t9-,10+/m1/s1. The maximum absolute atomic E-state index is 12.0. The van der Waals surface area contributed by atoms with Crippen molar-refractivity contribution in [1.29, 1.82) is 0 Å². The number of rotatable bonds is 2. The molecule has 2 atom stereocenters. The van der Waals surface area contributed by atoms with Crippen LogP contribution in [0.2, 0.25) is 0 Å². The Hall–Kier alpha value is -1.60. The molecule has 1 aliphatic heterocycles. The minimum atomic E-state index is -1.11. The maximum atomic E-state index is 12.0. The summed E-state index contributed by atoms with van der Waals surface area (Å²) in [5, 5.41) is 21.1. The Bertz CT molecular complexity index is 508. The molecular weight excluding hydrogens is 316 g/mol. The van der Waals surface area contributed by atoms with E-state index in [1.165, 1.54) is 0 Å². The molecule has 0 aromatic heterocycles. The Labute approximate surface area is 118 Å². The van der Waals surface area contributed by atoms with Crippen molar-refractivity contribution in [3.63, 3.8) is 0 Å². The van der Waals surface area contributed by atoms with E-state index < -0.39 is 24.1 Å². The van der Waals surface area contributed by atoms with Crippen LogP contribution in [-0.4, -0.2) is 45.8 Å². The number of β-amino-alcohol motifs (C(OH)–C–C–N with tert-alkyl or cyclic N) is 1. The highest BCUT2D eigenvalue weighted by Gasteiger charge is 2.38. The van der Waals surface area contributed by atoms with Gasteiger partial charge in [0.15, 0.2) is 0 Å². The summed E-state index contributed by atoms with van der Waals surface area (Å²) in [6.07, 6.45) is -0.740. The quantitative estimate of drug-likeness (QED) is 0.767. The Morgan fingerprint density at radius 1 is 1.42 bits per heavy atom. The fourth-order valence-corrected chi connectivity index (χ4v) is 2.43. The summed E-state index contributed by atoms with van der Waals surface area (Å²) in [6.45, 7) is 0.0246. The summed E-state index contributed by atoms with van der Waals surface area (Å²) < 4.78 is 0.807. The van der Waals surface area contributed by atoms with Crippen molar-refractivity contribution in [2.45, 2.75) is 18.6 Å². The predicted molar refractivity (Wildman–Crippen MR) is 71.9 cm³/mol. The lowest BCUT2D eigenvalue weighted by atomic mass is 10.2. The summed E-state index contributed by atoms with van der Waals surface area (Å²) in [5.74, 6) is -1.11.